The molecule has 0 radical (unpaired) electrons. The number of nitrogens with one attached hydrogen (secondary N) is 1. The van der Waals surface area contributed by atoms with Crippen molar-refractivity contribution in [2.45, 2.75) is 19.4 Å². The van der Waals surface area contributed by atoms with Crippen LogP contribution in [0.2, 0.25) is 0 Å². The number of urea groups is 1. The molecule has 5 nitrogen and oxygen atoms in total. The van der Waals surface area contributed by atoms with Gasteiger partial charge >= 0.3 is 6.03 Å². The molecular weight excluding hydrogens is 206 g/mol. The Morgan fingerprint density at radius 3 is 3.00 bits per heavy atom. The van der Waals surface area contributed by atoms with Crippen molar-refractivity contribution in [3.63, 3.8) is 0 Å². The molecule has 1 rings (SSSR count). The summed E-state index contributed by atoms with van der Waals surface area (Å²) in [5, 5.41) is 11.8. The summed E-state index contributed by atoms with van der Waals surface area (Å²) in [6.07, 6.45) is 3.40. The van der Waals surface area contributed by atoms with Crippen molar-refractivity contribution in [1.29, 1.82) is 0 Å². The van der Waals surface area contributed by atoms with Crippen LogP contribution in [0.5, 0.6) is 0 Å². The molecule has 0 bridgehead atoms. The molecule has 1 aromatic rings. The Balaban J connectivity index is 2.40. The van der Waals surface area contributed by atoms with Crippen molar-refractivity contribution in [3.8, 4) is 0 Å². The normalized spacial score (nSPS) is 11.9. The Morgan fingerprint density at radius 2 is 2.44 bits per heavy atom. The van der Waals surface area contributed by atoms with Gasteiger partial charge in [0.15, 0.2) is 0 Å². The lowest BCUT2D eigenvalue weighted by molar-refractivity contribution is 0.167. The molecule has 0 aliphatic heterocycles. The lowest BCUT2D eigenvalue weighted by Gasteiger charge is -2.18. The zero-order valence-electron chi connectivity index (χ0n) is 9.55. The fourth-order valence-corrected chi connectivity index (χ4v) is 1.14. The van der Waals surface area contributed by atoms with E-state index >= 15 is 0 Å². The van der Waals surface area contributed by atoms with E-state index in [1.807, 2.05) is 0 Å². The molecule has 2 N–H and O–H groups in total. The second-order valence-electron chi connectivity index (χ2n) is 3.73. The summed E-state index contributed by atoms with van der Waals surface area (Å²) in [6, 6.07) is 3.33. The largest absolute Gasteiger partial charge is 0.393 e. The molecule has 1 heterocycles. The third-order valence-electron chi connectivity index (χ3n) is 2.14. The molecule has 0 aromatic carbocycles. The van der Waals surface area contributed by atoms with Crippen molar-refractivity contribution in [2.24, 2.45) is 0 Å². The summed E-state index contributed by atoms with van der Waals surface area (Å²) in [7, 11) is 1.69. The smallest absolute Gasteiger partial charge is 0.321 e. The van der Waals surface area contributed by atoms with E-state index in [2.05, 4.69) is 10.3 Å². The molecule has 1 aromatic heterocycles. The van der Waals surface area contributed by atoms with Crippen LogP contribution in [-0.4, -0.2) is 40.7 Å². The Bertz CT molecular complexity index is 327. The number of carbonyl (C=O) groups excluding carboxylic acids is 1. The number of nitrogens with zero attached hydrogens (tertiary/aromatic N) is 2. The van der Waals surface area contributed by atoms with Crippen LogP contribution >= 0.6 is 0 Å². The Kier molecular flexibility index (Phi) is 4.72. The average Bonchev–Trinajstić information content (AvgIpc) is 2.27. The van der Waals surface area contributed by atoms with Crippen molar-refractivity contribution >= 4 is 11.7 Å². The molecule has 88 valence electrons. The van der Waals surface area contributed by atoms with Crippen LogP contribution in [0.25, 0.3) is 0 Å². The van der Waals surface area contributed by atoms with Gasteiger partial charge in [0.2, 0.25) is 0 Å². The first-order chi connectivity index (χ1) is 7.59. The third kappa shape index (κ3) is 4.27. The molecular formula is C11H17N3O2. The molecule has 0 unspecified atom stereocenters. The molecule has 0 saturated carbocycles. The van der Waals surface area contributed by atoms with Crippen LogP contribution in [0.4, 0.5) is 10.5 Å². The molecule has 1 atom stereocenters. The van der Waals surface area contributed by atoms with Crippen molar-refractivity contribution in [1.82, 2.24) is 9.88 Å². The first-order valence-corrected chi connectivity index (χ1v) is 5.20. The van der Waals surface area contributed by atoms with Gasteiger partial charge in [-0.2, -0.15) is 0 Å². The van der Waals surface area contributed by atoms with Crippen molar-refractivity contribution in [2.75, 3.05) is 18.9 Å². The van der Waals surface area contributed by atoms with E-state index in [4.69, 9.17) is 5.11 Å². The molecule has 0 aliphatic carbocycles. The van der Waals surface area contributed by atoms with Crippen LogP contribution in [0.1, 0.15) is 13.3 Å². The highest BCUT2D eigenvalue weighted by molar-refractivity contribution is 5.88. The van der Waals surface area contributed by atoms with Crippen LogP contribution in [0.3, 0.4) is 0 Å². The minimum Gasteiger partial charge on any atom is -0.393 e. The first kappa shape index (κ1) is 12.4. The molecule has 5 heteroatoms. The highest BCUT2D eigenvalue weighted by atomic mass is 16.3. The maximum atomic E-state index is 11.6. The molecule has 0 spiro atoms. The monoisotopic (exact) mass is 223 g/mol. The predicted octanol–water partition coefficient (Wildman–Crippen LogP) is 1.32. The van der Waals surface area contributed by atoms with Gasteiger partial charge < -0.3 is 15.3 Å². The summed E-state index contributed by atoms with van der Waals surface area (Å²) in [5.41, 5.74) is 0.663. The fourth-order valence-electron chi connectivity index (χ4n) is 1.14. The van der Waals surface area contributed by atoms with E-state index in [0.29, 0.717) is 18.7 Å². The maximum absolute atomic E-state index is 11.6. The SMILES string of the molecule is C[C@@H](O)CCN(C)C(=O)Nc1cccnc1. The van der Waals surface area contributed by atoms with Gasteiger partial charge in [-0.15, -0.1) is 0 Å². The Hall–Kier alpha value is -1.62. The predicted molar refractivity (Wildman–Crippen MR) is 62.2 cm³/mol. The van der Waals surface area contributed by atoms with E-state index in [-0.39, 0.29) is 6.03 Å². The molecule has 0 aliphatic rings. The number of aromatic nitrogens is 1. The zero-order valence-corrected chi connectivity index (χ0v) is 9.55. The quantitative estimate of drug-likeness (QED) is 0.809. The van der Waals surface area contributed by atoms with Gasteiger partial charge in [0.05, 0.1) is 18.0 Å². The van der Waals surface area contributed by atoms with Crippen LogP contribution < -0.4 is 5.32 Å². The number of anilines is 1. The van der Waals surface area contributed by atoms with Gasteiger partial charge in [-0.05, 0) is 25.5 Å². The molecule has 2 amide bonds. The van der Waals surface area contributed by atoms with Crippen LogP contribution in [-0.2, 0) is 0 Å². The number of rotatable bonds is 4. The third-order valence-corrected chi connectivity index (χ3v) is 2.14. The lowest BCUT2D eigenvalue weighted by Crippen LogP contribution is -2.33. The topological polar surface area (TPSA) is 65.5 Å². The summed E-state index contributed by atoms with van der Waals surface area (Å²) in [4.78, 5) is 17.1. The number of carbonyl (C=O) groups is 1. The van der Waals surface area contributed by atoms with E-state index in [1.165, 1.54) is 4.90 Å². The Labute approximate surface area is 95.1 Å². The molecule has 0 fully saturated rings. The first-order valence-electron chi connectivity index (χ1n) is 5.20. The van der Waals surface area contributed by atoms with Crippen LogP contribution in [0.15, 0.2) is 24.5 Å². The molecule has 0 saturated heterocycles. The number of aliphatic hydroxyl groups is 1. The van der Waals surface area contributed by atoms with Gasteiger partial charge in [0.1, 0.15) is 0 Å². The zero-order chi connectivity index (χ0) is 12.0. The summed E-state index contributed by atoms with van der Waals surface area (Å²) in [6.45, 7) is 2.22. The fraction of sp³-hybridized carbons (Fsp3) is 0.455. The highest BCUT2D eigenvalue weighted by Crippen LogP contribution is 2.04. The van der Waals surface area contributed by atoms with E-state index in [9.17, 15) is 4.79 Å². The number of aliphatic hydroxyl groups excluding tert-OH is 1. The van der Waals surface area contributed by atoms with E-state index < -0.39 is 6.10 Å². The standard InChI is InChI=1S/C11H17N3O2/c1-9(15)5-7-14(2)11(16)13-10-4-3-6-12-8-10/h3-4,6,8-9,15H,5,7H2,1-2H3,(H,13,16)/t9-/m1/s1. The van der Waals surface area contributed by atoms with Gasteiger partial charge in [0, 0.05) is 19.8 Å². The van der Waals surface area contributed by atoms with E-state index in [1.54, 1.807) is 38.5 Å². The lowest BCUT2D eigenvalue weighted by atomic mass is 10.3. The molecule has 16 heavy (non-hydrogen) atoms. The van der Waals surface area contributed by atoms with Crippen molar-refractivity contribution < 1.29 is 9.90 Å². The van der Waals surface area contributed by atoms with Crippen LogP contribution in [0, 0.1) is 0 Å². The minimum atomic E-state index is -0.395. The maximum Gasteiger partial charge on any atom is 0.321 e. The number of pyridine rings is 1. The second-order valence-corrected chi connectivity index (χ2v) is 3.73. The summed E-state index contributed by atoms with van der Waals surface area (Å²) in [5.74, 6) is 0. The van der Waals surface area contributed by atoms with Gasteiger partial charge in [-0.1, -0.05) is 0 Å². The number of hydrogen-bond donors (Lipinski definition) is 2. The van der Waals surface area contributed by atoms with E-state index in [0.717, 1.165) is 0 Å². The number of amides is 2. The summed E-state index contributed by atoms with van der Waals surface area (Å²) >= 11 is 0. The summed E-state index contributed by atoms with van der Waals surface area (Å²) < 4.78 is 0. The average molecular weight is 223 g/mol. The second kappa shape index (κ2) is 6.07. The van der Waals surface area contributed by atoms with Gasteiger partial charge in [-0.3, -0.25) is 4.98 Å². The Morgan fingerprint density at radius 1 is 1.69 bits per heavy atom. The van der Waals surface area contributed by atoms with Crippen molar-refractivity contribution in [3.05, 3.63) is 24.5 Å². The highest BCUT2D eigenvalue weighted by Gasteiger charge is 2.09. The minimum absolute atomic E-state index is 0.200. The number of hydrogen-bond acceptors (Lipinski definition) is 3. The van der Waals surface area contributed by atoms with Gasteiger partial charge in [0.25, 0.3) is 0 Å². The van der Waals surface area contributed by atoms with Gasteiger partial charge in [-0.25, -0.2) is 4.79 Å².